The zero-order valence-electron chi connectivity index (χ0n) is 20.1. The molecule has 5 rings (SSSR count). The van der Waals surface area contributed by atoms with Gasteiger partial charge in [-0.25, -0.2) is 9.97 Å². The van der Waals surface area contributed by atoms with Crippen LogP contribution >= 0.6 is 0 Å². The summed E-state index contributed by atoms with van der Waals surface area (Å²) in [7, 11) is 2.14. The highest BCUT2D eigenvalue weighted by Crippen LogP contribution is 2.30. The topological polar surface area (TPSA) is 52.6 Å². The second kappa shape index (κ2) is 9.94. The Balaban J connectivity index is 1.25. The lowest BCUT2D eigenvalue weighted by atomic mass is 9.93. The zero-order chi connectivity index (χ0) is 23.5. The Hall–Kier alpha value is -3.25. The number of anilines is 1. The SMILES string of the molecule is Cc1ccc(-c2nccc(N3CCC(C(=O)N4CCN(C)CC4c4ccccc4)CC3)n2)cc1. The fourth-order valence-corrected chi connectivity index (χ4v) is 5.10. The number of nitrogens with zero attached hydrogens (tertiary/aromatic N) is 5. The third kappa shape index (κ3) is 4.82. The number of aryl methyl sites for hydroxylation is 1. The minimum absolute atomic E-state index is 0.0734. The summed E-state index contributed by atoms with van der Waals surface area (Å²) < 4.78 is 0. The van der Waals surface area contributed by atoms with Crippen molar-refractivity contribution in [1.29, 1.82) is 0 Å². The molecule has 1 aromatic heterocycles. The van der Waals surface area contributed by atoms with E-state index in [1.165, 1.54) is 11.1 Å². The van der Waals surface area contributed by atoms with Gasteiger partial charge < -0.3 is 14.7 Å². The molecule has 1 atom stereocenters. The number of amides is 1. The fourth-order valence-electron chi connectivity index (χ4n) is 5.10. The third-order valence-electron chi connectivity index (χ3n) is 7.17. The van der Waals surface area contributed by atoms with Crippen LogP contribution in [0.15, 0.2) is 66.9 Å². The van der Waals surface area contributed by atoms with Crippen LogP contribution in [-0.2, 0) is 4.79 Å². The Labute approximate surface area is 202 Å². The molecule has 1 unspecified atom stereocenters. The van der Waals surface area contributed by atoms with Gasteiger partial charge in [-0.3, -0.25) is 4.79 Å². The van der Waals surface area contributed by atoms with Crippen LogP contribution in [0.25, 0.3) is 11.4 Å². The molecule has 176 valence electrons. The molecule has 0 aliphatic carbocycles. The normalized spacial score (nSPS) is 19.9. The zero-order valence-corrected chi connectivity index (χ0v) is 20.1. The lowest BCUT2D eigenvalue weighted by Crippen LogP contribution is -2.52. The van der Waals surface area contributed by atoms with E-state index in [0.717, 1.165) is 62.8 Å². The maximum atomic E-state index is 13.6. The lowest BCUT2D eigenvalue weighted by molar-refractivity contribution is -0.141. The lowest BCUT2D eigenvalue weighted by Gasteiger charge is -2.43. The van der Waals surface area contributed by atoms with Gasteiger partial charge in [0, 0.05) is 50.4 Å². The Morgan fingerprint density at radius 2 is 1.65 bits per heavy atom. The van der Waals surface area contributed by atoms with Crippen LogP contribution in [0.3, 0.4) is 0 Å². The predicted octanol–water partition coefficient (Wildman–Crippen LogP) is 4.18. The van der Waals surface area contributed by atoms with Crippen LogP contribution in [0.4, 0.5) is 5.82 Å². The van der Waals surface area contributed by atoms with E-state index in [-0.39, 0.29) is 12.0 Å². The Morgan fingerprint density at radius 3 is 2.38 bits per heavy atom. The number of hydrogen-bond acceptors (Lipinski definition) is 5. The quantitative estimate of drug-likeness (QED) is 0.591. The van der Waals surface area contributed by atoms with Gasteiger partial charge in [-0.1, -0.05) is 60.2 Å². The first-order valence-corrected chi connectivity index (χ1v) is 12.3. The van der Waals surface area contributed by atoms with E-state index in [9.17, 15) is 4.79 Å². The van der Waals surface area contributed by atoms with Crippen molar-refractivity contribution in [2.75, 3.05) is 44.7 Å². The van der Waals surface area contributed by atoms with Crippen molar-refractivity contribution in [3.05, 3.63) is 78.0 Å². The molecule has 3 aromatic rings. The van der Waals surface area contributed by atoms with E-state index >= 15 is 0 Å². The van der Waals surface area contributed by atoms with Crippen LogP contribution in [0.1, 0.15) is 30.0 Å². The molecule has 2 aromatic carbocycles. The smallest absolute Gasteiger partial charge is 0.226 e. The van der Waals surface area contributed by atoms with Crippen molar-refractivity contribution in [2.24, 2.45) is 5.92 Å². The number of hydrogen-bond donors (Lipinski definition) is 0. The van der Waals surface area contributed by atoms with Gasteiger partial charge in [0.15, 0.2) is 5.82 Å². The molecule has 6 nitrogen and oxygen atoms in total. The van der Waals surface area contributed by atoms with Crippen LogP contribution < -0.4 is 4.90 Å². The van der Waals surface area contributed by atoms with E-state index in [2.05, 4.69) is 82.2 Å². The van der Waals surface area contributed by atoms with E-state index in [4.69, 9.17) is 4.98 Å². The second-order valence-corrected chi connectivity index (χ2v) is 9.59. The molecule has 0 spiro atoms. The molecule has 2 aliphatic heterocycles. The molecule has 1 amide bonds. The molecule has 2 aliphatic rings. The van der Waals surface area contributed by atoms with Gasteiger partial charge in [0.1, 0.15) is 5.82 Å². The minimum atomic E-state index is 0.0734. The van der Waals surface area contributed by atoms with Gasteiger partial charge in [-0.05, 0) is 38.4 Å². The van der Waals surface area contributed by atoms with Gasteiger partial charge in [0.25, 0.3) is 0 Å². The molecule has 34 heavy (non-hydrogen) atoms. The summed E-state index contributed by atoms with van der Waals surface area (Å²) in [5, 5.41) is 0. The molecule has 0 bridgehead atoms. The number of rotatable bonds is 4. The first kappa shape index (κ1) is 22.5. The van der Waals surface area contributed by atoms with Crippen LogP contribution in [0, 0.1) is 12.8 Å². The van der Waals surface area contributed by atoms with Gasteiger partial charge >= 0.3 is 0 Å². The molecular formula is C28H33N5O. The summed E-state index contributed by atoms with van der Waals surface area (Å²) in [4.78, 5) is 29.7. The van der Waals surface area contributed by atoms with Gasteiger partial charge in [-0.2, -0.15) is 0 Å². The summed E-state index contributed by atoms with van der Waals surface area (Å²) in [6.45, 7) is 6.36. The maximum absolute atomic E-state index is 13.6. The highest BCUT2D eigenvalue weighted by Gasteiger charge is 2.35. The molecule has 0 radical (unpaired) electrons. The molecular weight excluding hydrogens is 422 g/mol. The van der Waals surface area contributed by atoms with Crippen molar-refractivity contribution in [3.63, 3.8) is 0 Å². The fraction of sp³-hybridized carbons (Fsp3) is 0.393. The summed E-state index contributed by atoms with van der Waals surface area (Å²) in [6.07, 6.45) is 3.55. The van der Waals surface area contributed by atoms with Crippen LogP contribution in [-0.4, -0.2) is 65.4 Å². The number of benzene rings is 2. The highest BCUT2D eigenvalue weighted by atomic mass is 16.2. The van der Waals surface area contributed by atoms with E-state index in [0.29, 0.717) is 5.91 Å². The Kier molecular flexibility index (Phi) is 6.59. The number of piperidine rings is 1. The molecule has 2 fully saturated rings. The molecule has 6 heteroatoms. The van der Waals surface area contributed by atoms with Crippen LogP contribution in [0.5, 0.6) is 0 Å². The summed E-state index contributed by atoms with van der Waals surface area (Å²) in [6, 6.07) is 20.9. The predicted molar refractivity (Wildman–Crippen MR) is 136 cm³/mol. The summed E-state index contributed by atoms with van der Waals surface area (Å²) in [5.74, 6) is 2.07. The maximum Gasteiger partial charge on any atom is 0.226 e. The third-order valence-corrected chi connectivity index (χ3v) is 7.17. The number of carbonyl (C=O) groups excluding carboxylic acids is 1. The molecule has 3 heterocycles. The average Bonchev–Trinajstić information content (AvgIpc) is 2.89. The minimum Gasteiger partial charge on any atom is -0.356 e. The van der Waals surface area contributed by atoms with E-state index < -0.39 is 0 Å². The van der Waals surface area contributed by atoms with Gasteiger partial charge in [0.2, 0.25) is 5.91 Å². The number of carbonyl (C=O) groups is 1. The van der Waals surface area contributed by atoms with Crippen LogP contribution in [0.2, 0.25) is 0 Å². The monoisotopic (exact) mass is 455 g/mol. The first-order valence-electron chi connectivity index (χ1n) is 12.3. The number of piperazine rings is 1. The summed E-state index contributed by atoms with van der Waals surface area (Å²) >= 11 is 0. The van der Waals surface area contributed by atoms with E-state index in [1.54, 1.807) is 0 Å². The molecule has 0 N–H and O–H groups in total. The van der Waals surface area contributed by atoms with Crippen molar-refractivity contribution >= 4 is 11.7 Å². The molecule has 0 saturated carbocycles. The first-order chi connectivity index (χ1) is 16.6. The Bertz CT molecular complexity index is 1110. The number of likely N-dealkylation sites (N-methyl/N-ethyl adjacent to an activating group) is 1. The largest absolute Gasteiger partial charge is 0.356 e. The average molecular weight is 456 g/mol. The second-order valence-electron chi connectivity index (χ2n) is 9.59. The van der Waals surface area contributed by atoms with Crippen molar-refractivity contribution in [3.8, 4) is 11.4 Å². The van der Waals surface area contributed by atoms with Gasteiger partial charge in [-0.15, -0.1) is 0 Å². The van der Waals surface area contributed by atoms with Crippen molar-refractivity contribution in [1.82, 2.24) is 19.8 Å². The summed E-state index contributed by atoms with van der Waals surface area (Å²) in [5.41, 5.74) is 3.48. The standard InChI is InChI=1S/C28H33N5O/c1-21-8-10-23(11-9-21)27-29-15-12-26(30-27)32-16-13-24(14-17-32)28(34)33-19-18-31(2)20-25(33)22-6-4-3-5-7-22/h3-12,15,24-25H,13-14,16-20H2,1-2H3. The highest BCUT2D eigenvalue weighted by molar-refractivity contribution is 5.80. The Morgan fingerprint density at radius 1 is 0.912 bits per heavy atom. The number of aromatic nitrogens is 2. The molecule has 2 saturated heterocycles. The van der Waals surface area contributed by atoms with Crippen molar-refractivity contribution < 1.29 is 4.79 Å². The van der Waals surface area contributed by atoms with Crippen molar-refractivity contribution in [2.45, 2.75) is 25.8 Å². The van der Waals surface area contributed by atoms with Gasteiger partial charge in [0.05, 0.1) is 6.04 Å². The van der Waals surface area contributed by atoms with E-state index in [1.807, 2.05) is 18.3 Å².